The highest BCUT2D eigenvalue weighted by molar-refractivity contribution is 6.67. The average Bonchev–Trinajstić information content (AvgIpc) is 2.36. The number of ether oxygens (including phenoxy) is 2. The lowest BCUT2D eigenvalue weighted by molar-refractivity contribution is -0.137. The van der Waals surface area contributed by atoms with Crippen LogP contribution in [0.2, 0.25) is 0 Å². The van der Waals surface area contributed by atoms with Crippen molar-refractivity contribution in [2.45, 2.75) is 16.9 Å². The fourth-order valence-corrected chi connectivity index (χ4v) is 1.54. The summed E-state index contributed by atoms with van der Waals surface area (Å²) in [7, 11) is 0. The van der Waals surface area contributed by atoms with Crippen LogP contribution in [0.1, 0.15) is 12.5 Å². The minimum absolute atomic E-state index is 0.0568. The lowest BCUT2D eigenvalue weighted by Crippen LogP contribution is -2.21. The number of halogens is 6. The van der Waals surface area contributed by atoms with Crippen LogP contribution in [-0.4, -0.2) is 23.1 Å². The molecule has 0 fully saturated rings. The lowest BCUT2D eigenvalue weighted by Gasteiger charge is -2.16. The van der Waals surface area contributed by atoms with Crippen LogP contribution < -0.4 is 10.1 Å². The molecule has 0 aliphatic heterocycles. The Labute approximate surface area is 139 Å². The Bertz CT molecular complexity index is 533. The summed E-state index contributed by atoms with van der Waals surface area (Å²) in [6, 6.07) is 2.65. The van der Waals surface area contributed by atoms with Crippen molar-refractivity contribution >= 4 is 46.6 Å². The molecular formula is C12H11Cl3F3NO3. The van der Waals surface area contributed by atoms with Crippen LogP contribution in [0, 0.1) is 0 Å². The van der Waals surface area contributed by atoms with Crippen LogP contribution in [0.4, 0.5) is 23.7 Å². The van der Waals surface area contributed by atoms with Gasteiger partial charge in [-0.05, 0) is 25.1 Å². The van der Waals surface area contributed by atoms with Crippen LogP contribution >= 0.6 is 34.8 Å². The first-order chi connectivity index (χ1) is 10.0. The van der Waals surface area contributed by atoms with Crippen molar-refractivity contribution in [1.29, 1.82) is 0 Å². The number of anilines is 1. The van der Waals surface area contributed by atoms with Gasteiger partial charge in [0, 0.05) is 0 Å². The molecule has 1 N–H and O–H groups in total. The van der Waals surface area contributed by atoms with Crippen molar-refractivity contribution in [3.63, 3.8) is 0 Å². The molecule has 1 rings (SSSR count). The molecular weight excluding hydrogens is 369 g/mol. The summed E-state index contributed by atoms with van der Waals surface area (Å²) in [5.41, 5.74) is -1.15. The monoisotopic (exact) mass is 379 g/mol. The Balaban J connectivity index is 2.92. The summed E-state index contributed by atoms with van der Waals surface area (Å²) in [5, 5.41) is 2.12. The normalized spacial score (nSPS) is 12.0. The summed E-state index contributed by atoms with van der Waals surface area (Å²) in [6.07, 6.45) is -5.64. The number of hydrogen-bond acceptors (Lipinski definition) is 3. The van der Waals surface area contributed by atoms with Crippen molar-refractivity contribution < 1.29 is 27.4 Å². The molecule has 0 spiro atoms. The van der Waals surface area contributed by atoms with Gasteiger partial charge >= 0.3 is 12.3 Å². The molecule has 0 heterocycles. The van der Waals surface area contributed by atoms with Gasteiger partial charge in [-0.2, -0.15) is 13.2 Å². The molecule has 0 aliphatic rings. The largest absolute Gasteiger partial charge is 0.492 e. The van der Waals surface area contributed by atoms with Crippen molar-refractivity contribution in [2.24, 2.45) is 0 Å². The third kappa shape index (κ3) is 6.37. The Morgan fingerprint density at radius 2 is 1.91 bits per heavy atom. The molecule has 1 aromatic rings. The third-order valence-electron chi connectivity index (χ3n) is 2.21. The van der Waals surface area contributed by atoms with Crippen molar-refractivity contribution in [3.8, 4) is 5.75 Å². The van der Waals surface area contributed by atoms with Crippen LogP contribution in [0.15, 0.2) is 18.2 Å². The van der Waals surface area contributed by atoms with E-state index < -0.39 is 28.2 Å². The summed E-state index contributed by atoms with van der Waals surface area (Å²) in [5.74, 6) is 0.0568. The first kappa shape index (κ1) is 19.0. The van der Waals surface area contributed by atoms with Crippen molar-refractivity contribution in [2.75, 3.05) is 18.5 Å². The molecule has 0 saturated heterocycles. The zero-order valence-corrected chi connectivity index (χ0v) is 13.4. The molecule has 0 saturated carbocycles. The van der Waals surface area contributed by atoms with E-state index >= 15 is 0 Å². The van der Waals surface area contributed by atoms with Gasteiger partial charge in [-0.1, -0.05) is 34.8 Å². The first-order valence-corrected chi connectivity index (χ1v) is 7.01. The van der Waals surface area contributed by atoms with E-state index in [1.54, 1.807) is 6.92 Å². The summed E-state index contributed by atoms with van der Waals surface area (Å²) < 4.78 is 46.0. The third-order valence-corrected chi connectivity index (χ3v) is 2.54. The molecule has 22 heavy (non-hydrogen) atoms. The molecule has 0 unspecified atom stereocenters. The minimum Gasteiger partial charge on any atom is -0.492 e. The van der Waals surface area contributed by atoms with Gasteiger partial charge in [-0.25, -0.2) is 4.79 Å². The predicted molar refractivity (Wildman–Crippen MR) is 77.9 cm³/mol. The molecule has 0 aromatic heterocycles. The van der Waals surface area contributed by atoms with E-state index in [2.05, 4.69) is 10.1 Å². The van der Waals surface area contributed by atoms with E-state index in [1.807, 2.05) is 0 Å². The smallest absolute Gasteiger partial charge is 0.416 e. The highest BCUT2D eigenvalue weighted by Crippen LogP contribution is 2.35. The van der Waals surface area contributed by atoms with E-state index in [0.717, 1.165) is 18.2 Å². The maximum absolute atomic E-state index is 12.7. The maximum Gasteiger partial charge on any atom is 0.416 e. The molecule has 1 aromatic carbocycles. The zero-order chi connectivity index (χ0) is 17.0. The molecule has 124 valence electrons. The van der Waals surface area contributed by atoms with Gasteiger partial charge in [-0.15, -0.1) is 0 Å². The lowest BCUT2D eigenvalue weighted by atomic mass is 10.2. The number of amides is 1. The number of carbonyl (C=O) groups excluding carboxylic acids is 1. The standard InChI is InChI=1S/C12H11Cl3F3NO3/c1-2-21-9-4-3-7(12(16,17)18)5-8(9)19-10(20)22-6-11(13,14)15/h3-5H,2,6H2,1H3,(H,19,20). The number of rotatable bonds is 4. The maximum atomic E-state index is 12.7. The number of carbonyl (C=O) groups is 1. The van der Waals surface area contributed by atoms with Crippen molar-refractivity contribution in [1.82, 2.24) is 0 Å². The van der Waals surface area contributed by atoms with Crippen LogP contribution in [0.5, 0.6) is 5.75 Å². The van der Waals surface area contributed by atoms with E-state index in [4.69, 9.17) is 39.5 Å². The fraction of sp³-hybridized carbons (Fsp3) is 0.417. The number of hydrogen-bond donors (Lipinski definition) is 1. The SMILES string of the molecule is CCOc1ccc(C(F)(F)F)cc1NC(=O)OCC(Cl)(Cl)Cl. The van der Waals surface area contributed by atoms with Crippen LogP contribution in [0.25, 0.3) is 0 Å². The van der Waals surface area contributed by atoms with Gasteiger partial charge in [0.05, 0.1) is 17.9 Å². The Hall–Kier alpha value is -1.05. The summed E-state index contributed by atoms with van der Waals surface area (Å²) >= 11 is 16.2. The molecule has 10 heteroatoms. The van der Waals surface area contributed by atoms with E-state index in [9.17, 15) is 18.0 Å². The van der Waals surface area contributed by atoms with Crippen LogP contribution in [0.3, 0.4) is 0 Å². The molecule has 4 nitrogen and oxygen atoms in total. The first-order valence-electron chi connectivity index (χ1n) is 5.87. The van der Waals surface area contributed by atoms with Gasteiger partial charge in [0.25, 0.3) is 0 Å². The molecule has 1 amide bonds. The molecule has 0 bridgehead atoms. The number of benzene rings is 1. The van der Waals surface area contributed by atoms with Gasteiger partial charge < -0.3 is 9.47 Å². The topological polar surface area (TPSA) is 47.6 Å². The van der Waals surface area contributed by atoms with E-state index in [0.29, 0.717) is 0 Å². The summed E-state index contributed by atoms with van der Waals surface area (Å²) in [6.45, 7) is 1.28. The van der Waals surface area contributed by atoms with Crippen LogP contribution in [-0.2, 0) is 10.9 Å². The molecule has 0 atom stereocenters. The minimum atomic E-state index is -4.57. The van der Waals surface area contributed by atoms with Gasteiger partial charge in [0.2, 0.25) is 3.79 Å². The van der Waals surface area contributed by atoms with Crippen molar-refractivity contribution in [3.05, 3.63) is 23.8 Å². The quantitative estimate of drug-likeness (QED) is 0.746. The van der Waals surface area contributed by atoms with Gasteiger partial charge in [0.15, 0.2) is 0 Å². The van der Waals surface area contributed by atoms with Gasteiger partial charge in [0.1, 0.15) is 12.4 Å². The highest BCUT2D eigenvalue weighted by Gasteiger charge is 2.31. The Morgan fingerprint density at radius 1 is 1.27 bits per heavy atom. The Kier molecular flexibility index (Phi) is 6.46. The molecule has 0 radical (unpaired) electrons. The summed E-state index contributed by atoms with van der Waals surface area (Å²) in [4.78, 5) is 11.5. The number of nitrogens with one attached hydrogen (secondary N) is 1. The van der Waals surface area contributed by atoms with E-state index in [-0.39, 0.29) is 18.0 Å². The predicted octanol–water partition coefficient (Wildman–Crippen LogP) is 5.02. The molecule has 0 aliphatic carbocycles. The number of alkyl halides is 6. The second-order valence-electron chi connectivity index (χ2n) is 3.96. The van der Waals surface area contributed by atoms with E-state index in [1.165, 1.54) is 0 Å². The zero-order valence-electron chi connectivity index (χ0n) is 11.1. The Morgan fingerprint density at radius 3 is 2.41 bits per heavy atom. The average molecular weight is 381 g/mol. The highest BCUT2D eigenvalue weighted by atomic mass is 35.6. The van der Waals surface area contributed by atoms with Gasteiger partial charge in [-0.3, -0.25) is 5.32 Å². The fourth-order valence-electron chi connectivity index (χ4n) is 1.38. The second-order valence-corrected chi connectivity index (χ2v) is 6.47. The second kappa shape index (κ2) is 7.48.